The molecule has 9 heteroatoms. The van der Waals surface area contributed by atoms with E-state index in [0.717, 1.165) is 0 Å². The highest BCUT2D eigenvalue weighted by atomic mass is 35.5. The number of carbonyl (C=O) groups is 1. The average molecular weight is 329 g/mol. The highest BCUT2D eigenvalue weighted by Crippen LogP contribution is 2.21. The van der Waals surface area contributed by atoms with E-state index in [-0.39, 0.29) is 15.7 Å². The average Bonchev–Trinajstić information content (AvgIpc) is 2.76. The molecule has 0 aliphatic carbocycles. The Labute approximate surface area is 126 Å². The summed E-state index contributed by atoms with van der Waals surface area (Å²) in [6, 6.07) is 4.20. The minimum absolute atomic E-state index is 0.0619. The van der Waals surface area contributed by atoms with Crippen molar-refractivity contribution in [3.63, 3.8) is 0 Å². The third kappa shape index (κ3) is 3.17. The Kier molecular flexibility index (Phi) is 3.93. The van der Waals surface area contributed by atoms with E-state index in [9.17, 15) is 13.2 Å². The van der Waals surface area contributed by atoms with Crippen molar-refractivity contribution >= 4 is 33.2 Å². The van der Waals surface area contributed by atoms with Gasteiger partial charge in [-0.2, -0.15) is 0 Å². The number of halogens is 1. The highest BCUT2D eigenvalue weighted by Gasteiger charge is 2.20. The van der Waals surface area contributed by atoms with Gasteiger partial charge in [-0.15, -0.1) is 0 Å². The Morgan fingerprint density at radius 3 is 2.62 bits per heavy atom. The second-order valence-electron chi connectivity index (χ2n) is 4.41. The van der Waals surface area contributed by atoms with Crippen LogP contribution in [-0.4, -0.2) is 23.9 Å². The van der Waals surface area contributed by atoms with Crippen LogP contribution in [0, 0.1) is 6.92 Å². The molecule has 0 aliphatic heterocycles. The Bertz CT molecular complexity index is 814. The van der Waals surface area contributed by atoms with Crippen molar-refractivity contribution in [2.24, 2.45) is 12.8 Å². The van der Waals surface area contributed by atoms with Crippen LogP contribution in [0.2, 0.25) is 5.15 Å². The number of primary amides is 1. The van der Waals surface area contributed by atoms with Gasteiger partial charge < -0.3 is 10.3 Å². The maximum absolute atomic E-state index is 12.3. The standard InChI is InChI=1S/C12H13ClN4O3S/c1-7-9(3-4-11(13)15-7)16-21(19,20)8-5-10(12(14)18)17(2)6-8/h3-6,16H,1-2H3,(H2,14,18). The molecule has 0 bridgehead atoms. The monoisotopic (exact) mass is 328 g/mol. The Balaban J connectivity index is 2.38. The van der Waals surface area contributed by atoms with E-state index in [1.165, 1.54) is 36.0 Å². The van der Waals surface area contributed by atoms with Gasteiger partial charge in [-0.05, 0) is 25.1 Å². The summed E-state index contributed by atoms with van der Waals surface area (Å²) in [7, 11) is -2.31. The number of pyridine rings is 1. The molecule has 2 aromatic heterocycles. The molecule has 0 saturated heterocycles. The summed E-state index contributed by atoms with van der Waals surface area (Å²) >= 11 is 5.72. The molecule has 0 spiro atoms. The van der Waals surface area contributed by atoms with Crippen LogP contribution in [0.1, 0.15) is 16.2 Å². The maximum Gasteiger partial charge on any atom is 0.265 e. The summed E-state index contributed by atoms with van der Waals surface area (Å²) in [5.74, 6) is -0.705. The van der Waals surface area contributed by atoms with Gasteiger partial charge in [0, 0.05) is 13.2 Å². The van der Waals surface area contributed by atoms with Crippen LogP contribution in [-0.2, 0) is 17.1 Å². The molecule has 0 atom stereocenters. The Hall–Kier alpha value is -2.06. The molecule has 0 radical (unpaired) electrons. The number of aromatic nitrogens is 2. The van der Waals surface area contributed by atoms with Gasteiger partial charge >= 0.3 is 0 Å². The molecule has 7 nitrogen and oxygen atoms in total. The number of nitrogens with one attached hydrogen (secondary N) is 1. The lowest BCUT2D eigenvalue weighted by Gasteiger charge is -2.08. The summed E-state index contributed by atoms with van der Waals surface area (Å²) in [6.45, 7) is 1.63. The van der Waals surface area contributed by atoms with Crippen molar-refractivity contribution in [2.75, 3.05) is 4.72 Å². The maximum atomic E-state index is 12.3. The van der Waals surface area contributed by atoms with E-state index in [0.29, 0.717) is 11.4 Å². The fourth-order valence-corrected chi connectivity index (χ4v) is 3.14. The van der Waals surface area contributed by atoms with E-state index in [2.05, 4.69) is 9.71 Å². The number of nitrogens with two attached hydrogens (primary N) is 1. The first kappa shape index (κ1) is 15.3. The zero-order valence-corrected chi connectivity index (χ0v) is 12.9. The zero-order valence-electron chi connectivity index (χ0n) is 11.3. The minimum Gasteiger partial charge on any atom is -0.364 e. The molecule has 3 N–H and O–H groups in total. The van der Waals surface area contributed by atoms with Gasteiger partial charge in [0.2, 0.25) is 0 Å². The number of hydrogen-bond donors (Lipinski definition) is 2. The molecule has 0 fully saturated rings. The molecule has 1 amide bonds. The van der Waals surface area contributed by atoms with E-state index in [4.69, 9.17) is 17.3 Å². The van der Waals surface area contributed by atoms with Crippen molar-refractivity contribution in [2.45, 2.75) is 11.8 Å². The predicted octanol–water partition coefficient (Wildman–Crippen LogP) is 1.28. The highest BCUT2D eigenvalue weighted by molar-refractivity contribution is 7.92. The summed E-state index contributed by atoms with van der Waals surface area (Å²) in [4.78, 5) is 15.1. The third-order valence-corrected chi connectivity index (χ3v) is 4.38. The molecule has 112 valence electrons. The molecule has 2 heterocycles. The van der Waals surface area contributed by atoms with Crippen LogP contribution >= 0.6 is 11.6 Å². The Morgan fingerprint density at radius 2 is 2.10 bits per heavy atom. The molecule has 0 saturated carbocycles. The van der Waals surface area contributed by atoms with Gasteiger partial charge in [-0.3, -0.25) is 9.52 Å². The Morgan fingerprint density at radius 1 is 1.43 bits per heavy atom. The van der Waals surface area contributed by atoms with Crippen molar-refractivity contribution in [1.82, 2.24) is 9.55 Å². The lowest BCUT2D eigenvalue weighted by Crippen LogP contribution is -2.14. The van der Waals surface area contributed by atoms with E-state index >= 15 is 0 Å². The fourth-order valence-electron chi connectivity index (χ4n) is 1.77. The predicted molar refractivity (Wildman–Crippen MR) is 78.7 cm³/mol. The molecule has 0 aliphatic rings. The zero-order chi connectivity index (χ0) is 15.8. The normalized spacial score (nSPS) is 11.4. The SMILES string of the molecule is Cc1nc(Cl)ccc1NS(=O)(=O)c1cc(C(N)=O)n(C)c1. The van der Waals surface area contributed by atoms with E-state index in [1.54, 1.807) is 6.92 Å². The van der Waals surface area contributed by atoms with Crippen LogP contribution in [0.5, 0.6) is 0 Å². The summed E-state index contributed by atoms with van der Waals surface area (Å²) in [6.07, 6.45) is 1.31. The van der Waals surface area contributed by atoms with Gasteiger partial charge in [0.25, 0.3) is 15.9 Å². The topological polar surface area (TPSA) is 107 Å². The number of sulfonamides is 1. The van der Waals surface area contributed by atoms with Crippen LogP contribution < -0.4 is 10.5 Å². The van der Waals surface area contributed by atoms with Crippen LogP contribution in [0.3, 0.4) is 0 Å². The number of rotatable bonds is 4. The molecular formula is C12H13ClN4O3S. The van der Waals surface area contributed by atoms with E-state index < -0.39 is 15.9 Å². The van der Waals surface area contributed by atoms with Gasteiger partial charge in [-0.25, -0.2) is 13.4 Å². The largest absolute Gasteiger partial charge is 0.364 e. The molecule has 0 unspecified atom stereocenters. The van der Waals surface area contributed by atoms with Crippen LogP contribution in [0.25, 0.3) is 0 Å². The van der Waals surface area contributed by atoms with Gasteiger partial charge in [-0.1, -0.05) is 11.6 Å². The molecule has 2 rings (SSSR count). The molecule has 0 aromatic carbocycles. The van der Waals surface area contributed by atoms with Gasteiger partial charge in [0.05, 0.1) is 11.4 Å². The van der Waals surface area contributed by atoms with Gasteiger partial charge in [0.1, 0.15) is 15.7 Å². The lowest BCUT2D eigenvalue weighted by molar-refractivity contribution is 0.0992. The summed E-state index contributed by atoms with van der Waals surface area (Å²) < 4.78 is 28.3. The van der Waals surface area contributed by atoms with E-state index in [1.807, 2.05) is 0 Å². The third-order valence-electron chi connectivity index (χ3n) is 2.84. The second-order valence-corrected chi connectivity index (χ2v) is 6.48. The number of aryl methyl sites for hydroxylation is 2. The first-order chi connectivity index (χ1) is 9.70. The van der Waals surface area contributed by atoms with Crippen molar-refractivity contribution in [3.05, 3.63) is 40.9 Å². The van der Waals surface area contributed by atoms with Crippen LogP contribution in [0.15, 0.2) is 29.3 Å². The molecule has 21 heavy (non-hydrogen) atoms. The summed E-state index contributed by atoms with van der Waals surface area (Å²) in [5, 5.41) is 0.270. The van der Waals surface area contributed by atoms with Crippen molar-refractivity contribution in [3.8, 4) is 0 Å². The first-order valence-corrected chi connectivity index (χ1v) is 7.69. The molecular weight excluding hydrogens is 316 g/mol. The first-order valence-electron chi connectivity index (χ1n) is 5.83. The molecule has 2 aromatic rings. The number of carbonyl (C=O) groups excluding carboxylic acids is 1. The minimum atomic E-state index is -3.85. The summed E-state index contributed by atoms with van der Waals surface area (Å²) in [5.41, 5.74) is 6.01. The van der Waals surface area contributed by atoms with Crippen molar-refractivity contribution in [1.29, 1.82) is 0 Å². The van der Waals surface area contributed by atoms with Crippen molar-refractivity contribution < 1.29 is 13.2 Å². The quantitative estimate of drug-likeness (QED) is 0.824. The number of nitrogens with zero attached hydrogens (tertiary/aromatic N) is 2. The fraction of sp³-hybridized carbons (Fsp3) is 0.167. The lowest BCUT2D eigenvalue weighted by atomic mass is 10.3. The number of amides is 1. The smallest absolute Gasteiger partial charge is 0.265 e. The van der Waals surface area contributed by atoms with Gasteiger partial charge in [0.15, 0.2) is 0 Å². The van der Waals surface area contributed by atoms with Crippen LogP contribution in [0.4, 0.5) is 5.69 Å². The second kappa shape index (κ2) is 5.38. The number of hydrogen-bond acceptors (Lipinski definition) is 4. The number of anilines is 1.